The lowest BCUT2D eigenvalue weighted by atomic mass is 10.2. The predicted octanol–water partition coefficient (Wildman–Crippen LogP) is 3.86. The van der Waals surface area contributed by atoms with Crippen LogP contribution in [0.4, 0.5) is 5.69 Å². The highest BCUT2D eigenvalue weighted by molar-refractivity contribution is 6.33. The Morgan fingerprint density at radius 1 is 1.11 bits per heavy atom. The van der Waals surface area contributed by atoms with Crippen molar-refractivity contribution in [3.8, 4) is 11.5 Å². The Kier molecular flexibility index (Phi) is 3.84. The van der Waals surface area contributed by atoms with E-state index in [1.165, 1.54) is 4.90 Å². The molecule has 2 heterocycles. The summed E-state index contributed by atoms with van der Waals surface area (Å²) in [6, 6.07) is 12.8. The van der Waals surface area contributed by atoms with Crippen LogP contribution in [0.15, 0.2) is 60.5 Å². The van der Waals surface area contributed by atoms with Crippen LogP contribution in [0.2, 0.25) is 0 Å². The minimum Gasteiger partial charge on any atom is -0.505 e. The monoisotopic (exact) mass is 362 g/mol. The molecule has 2 aromatic carbocycles. The summed E-state index contributed by atoms with van der Waals surface area (Å²) < 4.78 is 10.6. The molecule has 7 heteroatoms. The van der Waals surface area contributed by atoms with E-state index in [1.54, 1.807) is 32.4 Å². The van der Waals surface area contributed by atoms with E-state index in [0.717, 1.165) is 11.0 Å². The van der Waals surface area contributed by atoms with Crippen LogP contribution < -0.4 is 14.4 Å². The number of hydrogen-bond acceptors (Lipinski definition) is 5. The van der Waals surface area contributed by atoms with Gasteiger partial charge in [-0.05, 0) is 12.1 Å². The normalized spacial score (nSPS) is 14.4. The van der Waals surface area contributed by atoms with Gasteiger partial charge < -0.3 is 19.6 Å². The number of methoxy groups -OCH3 is 2. The minimum atomic E-state index is -0.0964. The Bertz CT molecular complexity index is 1060. The lowest BCUT2D eigenvalue weighted by Gasteiger charge is -2.21. The van der Waals surface area contributed by atoms with Crippen LogP contribution in [0.3, 0.4) is 0 Å². The molecule has 3 N–H and O–H groups in total. The molecular formula is C20H18N4O3. The van der Waals surface area contributed by atoms with Crippen molar-refractivity contribution in [1.29, 1.82) is 5.41 Å². The first-order chi connectivity index (χ1) is 13.0. The van der Waals surface area contributed by atoms with Crippen LogP contribution in [0.5, 0.6) is 11.5 Å². The summed E-state index contributed by atoms with van der Waals surface area (Å²) in [5, 5.41) is 19.3. The number of aliphatic hydroxyl groups excluding tert-OH is 1. The standard InChI is InChI=1S/C20H18N4O3/c1-11-18(25)17(20-22-15-6-4-5-7-16(15)23-20)19(21)24(11)12-8-13(26-2)10-14(9-12)27-3/h4-10,21,25H,1H2,2-3H3,(H,22,23). The fraction of sp³-hybridized carbons (Fsp3) is 0.100. The molecule has 27 heavy (non-hydrogen) atoms. The number of fused-ring (bicyclic) bond motifs is 1. The SMILES string of the molecule is C=C1C(O)=C(c2nc3ccccc3[nH]2)C(=N)N1c1cc(OC)cc(OC)c1. The van der Waals surface area contributed by atoms with Crippen molar-refractivity contribution in [2.75, 3.05) is 19.1 Å². The zero-order valence-corrected chi connectivity index (χ0v) is 14.9. The highest BCUT2D eigenvalue weighted by Gasteiger charge is 2.35. The maximum absolute atomic E-state index is 10.7. The van der Waals surface area contributed by atoms with Crippen molar-refractivity contribution < 1.29 is 14.6 Å². The third kappa shape index (κ3) is 2.60. The first-order valence-corrected chi connectivity index (χ1v) is 8.23. The zero-order valence-electron chi connectivity index (χ0n) is 14.9. The van der Waals surface area contributed by atoms with Gasteiger partial charge in [0.15, 0.2) is 5.76 Å². The number of rotatable bonds is 4. The molecule has 7 nitrogen and oxygen atoms in total. The Morgan fingerprint density at radius 2 is 1.78 bits per heavy atom. The van der Waals surface area contributed by atoms with Crippen molar-refractivity contribution in [1.82, 2.24) is 9.97 Å². The van der Waals surface area contributed by atoms with Gasteiger partial charge in [-0.25, -0.2) is 4.98 Å². The third-order valence-electron chi connectivity index (χ3n) is 4.46. The van der Waals surface area contributed by atoms with Gasteiger partial charge in [-0.3, -0.25) is 10.3 Å². The van der Waals surface area contributed by atoms with Gasteiger partial charge >= 0.3 is 0 Å². The molecule has 1 aliphatic heterocycles. The first-order valence-electron chi connectivity index (χ1n) is 8.23. The second kappa shape index (κ2) is 6.21. The number of nitrogens with one attached hydrogen (secondary N) is 2. The van der Waals surface area contributed by atoms with Crippen LogP contribution in [0.25, 0.3) is 16.6 Å². The number of H-pyrrole nitrogens is 1. The summed E-state index contributed by atoms with van der Waals surface area (Å²) in [7, 11) is 3.11. The predicted molar refractivity (Wildman–Crippen MR) is 105 cm³/mol. The van der Waals surface area contributed by atoms with Gasteiger partial charge in [0.2, 0.25) is 0 Å². The number of imidazole rings is 1. The van der Waals surface area contributed by atoms with E-state index in [-0.39, 0.29) is 22.9 Å². The van der Waals surface area contributed by atoms with Crippen LogP contribution in [-0.2, 0) is 0 Å². The van der Waals surface area contributed by atoms with E-state index in [4.69, 9.17) is 14.9 Å². The fourth-order valence-electron chi connectivity index (χ4n) is 3.11. The highest BCUT2D eigenvalue weighted by Crippen LogP contribution is 2.39. The second-order valence-electron chi connectivity index (χ2n) is 6.03. The number of amidine groups is 1. The molecule has 0 amide bonds. The van der Waals surface area contributed by atoms with Gasteiger partial charge in [-0.2, -0.15) is 0 Å². The van der Waals surface area contributed by atoms with Gasteiger partial charge in [0.25, 0.3) is 0 Å². The maximum atomic E-state index is 10.7. The second-order valence-corrected chi connectivity index (χ2v) is 6.03. The minimum absolute atomic E-state index is 0.0619. The smallest absolute Gasteiger partial charge is 0.153 e. The van der Waals surface area contributed by atoms with Crippen LogP contribution in [-0.4, -0.2) is 35.1 Å². The molecule has 0 fully saturated rings. The molecule has 4 rings (SSSR count). The molecule has 0 radical (unpaired) electrons. The number of nitrogens with zero attached hydrogens (tertiary/aromatic N) is 2. The molecule has 0 spiro atoms. The Labute approximate surface area is 155 Å². The summed E-state index contributed by atoms with van der Waals surface area (Å²) >= 11 is 0. The van der Waals surface area contributed by atoms with E-state index in [1.807, 2.05) is 24.3 Å². The van der Waals surface area contributed by atoms with Crippen molar-refractivity contribution >= 4 is 28.1 Å². The van der Waals surface area contributed by atoms with Gasteiger partial charge in [0.05, 0.1) is 36.6 Å². The fourth-order valence-corrected chi connectivity index (χ4v) is 3.11. The van der Waals surface area contributed by atoms with Gasteiger partial charge in [-0.15, -0.1) is 0 Å². The van der Waals surface area contributed by atoms with E-state index in [0.29, 0.717) is 23.0 Å². The summed E-state index contributed by atoms with van der Waals surface area (Å²) in [5.41, 5.74) is 2.75. The van der Waals surface area contributed by atoms with E-state index in [2.05, 4.69) is 16.5 Å². The molecular weight excluding hydrogens is 344 g/mol. The van der Waals surface area contributed by atoms with Crippen LogP contribution in [0, 0.1) is 5.41 Å². The zero-order chi connectivity index (χ0) is 19.1. The van der Waals surface area contributed by atoms with E-state index in [9.17, 15) is 5.11 Å². The lowest BCUT2D eigenvalue weighted by molar-refractivity contribution is 0.394. The maximum Gasteiger partial charge on any atom is 0.153 e. The summed E-state index contributed by atoms with van der Waals surface area (Å²) in [5.74, 6) is 1.52. The van der Waals surface area contributed by atoms with Crippen molar-refractivity contribution in [3.05, 3.63) is 66.3 Å². The van der Waals surface area contributed by atoms with Gasteiger partial charge in [-0.1, -0.05) is 18.7 Å². The number of aromatic nitrogens is 2. The van der Waals surface area contributed by atoms with Crippen molar-refractivity contribution in [2.45, 2.75) is 0 Å². The summed E-state index contributed by atoms with van der Waals surface area (Å²) in [4.78, 5) is 9.17. The number of benzene rings is 2. The molecule has 0 unspecified atom stereocenters. The van der Waals surface area contributed by atoms with Gasteiger partial charge in [0.1, 0.15) is 28.7 Å². The largest absolute Gasteiger partial charge is 0.505 e. The Hall–Kier alpha value is -3.74. The first kappa shape index (κ1) is 16.7. The molecule has 0 aliphatic carbocycles. The number of para-hydroxylation sites is 2. The molecule has 0 saturated heterocycles. The van der Waals surface area contributed by atoms with E-state index < -0.39 is 0 Å². The molecule has 1 aliphatic rings. The molecule has 1 aromatic heterocycles. The number of anilines is 1. The number of ether oxygens (including phenoxy) is 2. The molecule has 136 valence electrons. The highest BCUT2D eigenvalue weighted by atomic mass is 16.5. The van der Waals surface area contributed by atoms with Crippen molar-refractivity contribution in [3.63, 3.8) is 0 Å². The molecule has 0 saturated carbocycles. The van der Waals surface area contributed by atoms with Gasteiger partial charge in [0, 0.05) is 18.2 Å². The lowest BCUT2D eigenvalue weighted by Crippen LogP contribution is -2.24. The summed E-state index contributed by atoms with van der Waals surface area (Å²) in [6.45, 7) is 3.94. The number of aromatic amines is 1. The number of hydrogen-bond donors (Lipinski definition) is 3. The quantitative estimate of drug-likeness (QED) is 0.655. The third-order valence-corrected chi connectivity index (χ3v) is 4.46. The average molecular weight is 362 g/mol. The molecule has 0 bridgehead atoms. The molecule has 0 atom stereocenters. The Morgan fingerprint density at radius 3 is 2.41 bits per heavy atom. The van der Waals surface area contributed by atoms with E-state index >= 15 is 0 Å². The van der Waals surface area contributed by atoms with Crippen LogP contribution in [0.1, 0.15) is 5.82 Å². The molecule has 3 aromatic rings. The van der Waals surface area contributed by atoms with Crippen LogP contribution >= 0.6 is 0 Å². The summed E-state index contributed by atoms with van der Waals surface area (Å²) in [6.07, 6.45) is 0. The Balaban J connectivity index is 1.79. The number of aliphatic hydroxyl groups is 1. The topological polar surface area (TPSA) is 94.5 Å². The van der Waals surface area contributed by atoms with Crippen molar-refractivity contribution in [2.24, 2.45) is 0 Å². The average Bonchev–Trinajstić information content (AvgIpc) is 3.19.